The van der Waals surface area contributed by atoms with E-state index in [1.165, 1.54) is 18.4 Å². The van der Waals surface area contributed by atoms with Crippen LogP contribution in [-0.4, -0.2) is 18.4 Å². The smallest absolute Gasteiger partial charge is 0.164 e. The Kier molecular flexibility index (Phi) is 3.93. The van der Waals surface area contributed by atoms with Crippen LogP contribution in [0.15, 0.2) is 54.6 Å². The summed E-state index contributed by atoms with van der Waals surface area (Å²) in [6.45, 7) is 0.796. The Balaban J connectivity index is 1.61. The first-order chi connectivity index (χ1) is 9.83. The van der Waals surface area contributed by atoms with Gasteiger partial charge in [0.1, 0.15) is 0 Å². The standard InChI is InChI=1S/C18H19NO/c20-18(12-13-19-17-10-11-17)16-8-6-15(7-9-16)14-4-2-1-3-5-14/h1-9,17,19H,10-13H2. The summed E-state index contributed by atoms with van der Waals surface area (Å²) in [7, 11) is 0. The normalized spacial score (nSPS) is 14.2. The summed E-state index contributed by atoms with van der Waals surface area (Å²) in [4.78, 5) is 12.1. The molecule has 3 rings (SSSR count). The Labute approximate surface area is 119 Å². The van der Waals surface area contributed by atoms with Crippen molar-refractivity contribution in [1.82, 2.24) is 5.32 Å². The first-order valence-corrected chi connectivity index (χ1v) is 7.25. The molecular weight excluding hydrogens is 246 g/mol. The number of rotatable bonds is 6. The van der Waals surface area contributed by atoms with Gasteiger partial charge in [0, 0.05) is 24.6 Å². The maximum atomic E-state index is 12.1. The van der Waals surface area contributed by atoms with Gasteiger partial charge in [-0.05, 0) is 24.0 Å². The number of carbonyl (C=O) groups is 1. The van der Waals surface area contributed by atoms with Crippen LogP contribution in [0.4, 0.5) is 0 Å². The molecule has 0 atom stereocenters. The molecule has 0 heterocycles. The lowest BCUT2D eigenvalue weighted by Gasteiger charge is -2.05. The number of Topliss-reactive ketones (excluding diaryl/α,β-unsaturated/α-hetero) is 1. The van der Waals surface area contributed by atoms with Gasteiger partial charge in [-0.25, -0.2) is 0 Å². The number of hydrogen-bond donors (Lipinski definition) is 1. The fourth-order valence-corrected chi connectivity index (χ4v) is 2.30. The van der Waals surface area contributed by atoms with Gasteiger partial charge >= 0.3 is 0 Å². The van der Waals surface area contributed by atoms with Gasteiger partial charge in [0.25, 0.3) is 0 Å². The maximum absolute atomic E-state index is 12.1. The number of benzene rings is 2. The molecule has 0 saturated heterocycles. The van der Waals surface area contributed by atoms with E-state index in [0.717, 1.165) is 17.7 Å². The van der Waals surface area contributed by atoms with Gasteiger partial charge in [-0.3, -0.25) is 4.79 Å². The Bertz CT molecular complexity index is 570. The fourth-order valence-electron chi connectivity index (χ4n) is 2.30. The van der Waals surface area contributed by atoms with Crippen molar-refractivity contribution < 1.29 is 4.79 Å². The summed E-state index contributed by atoms with van der Waals surface area (Å²) in [5, 5.41) is 3.37. The SMILES string of the molecule is O=C(CCNC1CC1)c1ccc(-c2ccccc2)cc1. The zero-order valence-electron chi connectivity index (χ0n) is 11.5. The minimum atomic E-state index is 0.220. The quantitative estimate of drug-likeness (QED) is 0.807. The molecular formula is C18H19NO. The molecule has 0 unspecified atom stereocenters. The van der Waals surface area contributed by atoms with Gasteiger partial charge in [0.05, 0.1) is 0 Å². The van der Waals surface area contributed by atoms with Gasteiger partial charge < -0.3 is 5.32 Å². The van der Waals surface area contributed by atoms with E-state index in [0.29, 0.717) is 12.5 Å². The first-order valence-electron chi connectivity index (χ1n) is 7.25. The molecule has 0 spiro atoms. The zero-order chi connectivity index (χ0) is 13.8. The summed E-state index contributed by atoms with van der Waals surface area (Å²) in [6, 6.07) is 18.8. The highest BCUT2D eigenvalue weighted by Gasteiger charge is 2.20. The molecule has 1 aliphatic carbocycles. The second-order valence-corrected chi connectivity index (χ2v) is 5.34. The number of ketones is 1. The molecule has 0 bridgehead atoms. The van der Waals surface area contributed by atoms with Crippen molar-refractivity contribution in [3.05, 3.63) is 60.2 Å². The van der Waals surface area contributed by atoms with Crippen LogP contribution >= 0.6 is 0 Å². The van der Waals surface area contributed by atoms with Crippen molar-refractivity contribution >= 4 is 5.78 Å². The highest BCUT2D eigenvalue weighted by Crippen LogP contribution is 2.20. The number of carbonyl (C=O) groups excluding carboxylic acids is 1. The summed E-state index contributed by atoms with van der Waals surface area (Å²) >= 11 is 0. The van der Waals surface area contributed by atoms with Crippen molar-refractivity contribution in [2.45, 2.75) is 25.3 Å². The average molecular weight is 265 g/mol. The van der Waals surface area contributed by atoms with E-state index in [-0.39, 0.29) is 5.78 Å². The predicted octanol–water partition coefficient (Wildman–Crippen LogP) is 3.68. The largest absolute Gasteiger partial charge is 0.314 e. The van der Waals surface area contributed by atoms with Gasteiger partial charge in [-0.2, -0.15) is 0 Å². The van der Waals surface area contributed by atoms with Gasteiger partial charge in [-0.1, -0.05) is 54.6 Å². The van der Waals surface area contributed by atoms with Crippen molar-refractivity contribution in [2.75, 3.05) is 6.54 Å². The van der Waals surface area contributed by atoms with Crippen LogP contribution in [-0.2, 0) is 0 Å². The van der Waals surface area contributed by atoms with Gasteiger partial charge in [0.2, 0.25) is 0 Å². The summed E-state index contributed by atoms with van der Waals surface area (Å²) < 4.78 is 0. The maximum Gasteiger partial charge on any atom is 0.164 e. The van der Waals surface area contributed by atoms with Crippen LogP contribution in [0.25, 0.3) is 11.1 Å². The highest BCUT2D eigenvalue weighted by molar-refractivity contribution is 5.96. The van der Waals surface area contributed by atoms with E-state index in [2.05, 4.69) is 17.4 Å². The summed E-state index contributed by atoms with van der Waals surface area (Å²) in [6.07, 6.45) is 3.11. The van der Waals surface area contributed by atoms with Crippen molar-refractivity contribution in [1.29, 1.82) is 0 Å². The molecule has 0 radical (unpaired) electrons. The Hall–Kier alpha value is -1.93. The lowest BCUT2D eigenvalue weighted by Crippen LogP contribution is -2.20. The van der Waals surface area contributed by atoms with Crippen molar-refractivity contribution in [3.63, 3.8) is 0 Å². The first kappa shape index (κ1) is 13.1. The van der Waals surface area contributed by atoms with Crippen molar-refractivity contribution in [3.8, 4) is 11.1 Å². The van der Waals surface area contributed by atoms with E-state index >= 15 is 0 Å². The summed E-state index contributed by atoms with van der Waals surface area (Å²) in [5.41, 5.74) is 3.14. The second kappa shape index (κ2) is 6.02. The third-order valence-corrected chi connectivity index (χ3v) is 3.68. The molecule has 2 aromatic carbocycles. The topological polar surface area (TPSA) is 29.1 Å². The summed E-state index contributed by atoms with van der Waals surface area (Å²) in [5.74, 6) is 0.220. The minimum absolute atomic E-state index is 0.220. The van der Waals surface area contributed by atoms with E-state index in [1.54, 1.807) is 0 Å². The van der Waals surface area contributed by atoms with Gasteiger partial charge in [-0.15, -0.1) is 0 Å². The Morgan fingerprint density at radius 3 is 2.25 bits per heavy atom. The molecule has 2 heteroatoms. The van der Waals surface area contributed by atoms with E-state index in [9.17, 15) is 4.79 Å². The van der Waals surface area contributed by atoms with Gasteiger partial charge in [0.15, 0.2) is 5.78 Å². The Morgan fingerprint density at radius 1 is 0.950 bits per heavy atom. The third-order valence-electron chi connectivity index (χ3n) is 3.68. The second-order valence-electron chi connectivity index (χ2n) is 5.34. The predicted molar refractivity (Wildman–Crippen MR) is 81.9 cm³/mol. The monoisotopic (exact) mass is 265 g/mol. The van der Waals surface area contributed by atoms with E-state index < -0.39 is 0 Å². The lowest BCUT2D eigenvalue weighted by molar-refractivity contribution is 0.0982. The molecule has 0 amide bonds. The number of hydrogen-bond acceptors (Lipinski definition) is 2. The van der Waals surface area contributed by atoms with Crippen LogP contribution < -0.4 is 5.32 Å². The molecule has 2 aromatic rings. The molecule has 102 valence electrons. The molecule has 1 saturated carbocycles. The minimum Gasteiger partial charge on any atom is -0.314 e. The average Bonchev–Trinajstić information content (AvgIpc) is 3.32. The van der Waals surface area contributed by atoms with Crippen LogP contribution in [0.3, 0.4) is 0 Å². The molecule has 1 aliphatic rings. The number of nitrogens with one attached hydrogen (secondary N) is 1. The molecule has 1 fully saturated rings. The highest BCUT2D eigenvalue weighted by atomic mass is 16.1. The van der Waals surface area contributed by atoms with Crippen molar-refractivity contribution in [2.24, 2.45) is 0 Å². The zero-order valence-corrected chi connectivity index (χ0v) is 11.5. The molecule has 20 heavy (non-hydrogen) atoms. The fraction of sp³-hybridized carbons (Fsp3) is 0.278. The molecule has 0 aliphatic heterocycles. The molecule has 2 nitrogen and oxygen atoms in total. The van der Waals surface area contributed by atoms with E-state index in [4.69, 9.17) is 0 Å². The van der Waals surface area contributed by atoms with Crippen LogP contribution in [0.5, 0.6) is 0 Å². The van der Waals surface area contributed by atoms with E-state index in [1.807, 2.05) is 42.5 Å². The Morgan fingerprint density at radius 2 is 1.60 bits per heavy atom. The van der Waals surface area contributed by atoms with Crippen LogP contribution in [0.2, 0.25) is 0 Å². The molecule has 0 aromatic heterocycles. The van der Waals surface area contributed by atoms with Crippen LogP contribution in [0.1, 0.15) is 29.6 Å². The third kappa shape index (κ3) is 3.34. The van der Waals surface area contributed by atoms with Crippen LogP contribution in [0, 0.1) is 0 Å². The lowest BCUT2D eigenvalue weighted by atomic mass is 10.0. The molecule has 1 N–H and O–H groups in total.